The number of hydrogen-bond acceptors (Lipinski definition) is 6. The molecule has 0 aliphatic rings. The molecule has 0 aliphatic carbocycles. The minimum absolute atomic E-state index is 0.550. The van der Waals surface area contributed by atoms with Gasteiger partial charge >= 0.3 is 27.6 Å². The van der Waals surface area contributed by atoms with Crippen molar-refractivity contribution >= 4 is 32.8 Å². The quantitative estimate of drug-likeness (QED) is 0.477. The molecule has 1 aromatic carbocycles. The lowest BCUT2D eigenvalue weighted by Gasteiger charge is -2.33. The van der Waals surface area contributed by atoms with Gasteiger partial charge in [0.15, 0.2) is 0 Å². The van der Waals surface area contributed by atoms with E-state index in [-0.39, 0.29) is 0 Å². The van der Waals surface area contributed by atoms with E-state index in [1.54, 1.807) is 0 Å². The van der Waals surface area contributed by atoms with Crippen LogP contribution in [0.25, 0.3) is 0 Å². The summed E-state index contributed by atoms with van der Waals surface area (Å²) in [4.78, 5) is 0. The van der Waals surface area contributed by atoms with Crippen LogP contribution in [0.1, 0.15) is 27.7 Å². The Hall–Kier alpha value is -0.369. The third kappa shape index (κ3) is 7.25. The Morgan fingerprint density at radius 2 is 1.08 bits per heavy atom. The van der Waals surface area contributed by atoms with Crippen LogP contribution in [0.4, 0.5) is 0 Å². The summed E-state index contributed by atoms with van der Waals surface area (Å²) >= 11 is 0. The van der Waals surface area contributed by atoms with Crippen molar-refractivity contribution in [3.63, 3.8) is 0 Å². The Morgan fingerprint density at radius 1 is 0.708 bits per heavy atom. The Labute approximate surface area is 150 Å². The van der Waals surface area contributed by atoms with Crippen molar-refractivity contribution in [2.24, 2.45) is 0 Å². The summed E-state index contributed by atoms with van der Waals surface area (Å²) in [7, 11) is -7.34. The van der Waals surface area contributed by atoms with Gasteiger partial charge in [0.2, 0.25) is 0 Å². The topological polar surface area (TPSA) is 55.4 Å². The molecular formula is C15H30O6Si3. The lowest BCUT2D eigenvalue weighted by atomic mass is 10.4. The number of rotatable bonds is 13. The van der Waals surface area contributed by atoms with Crippen molar-refractivity contribution in [2.45, 2.75) is 34.2 Å². The average Bonchev–Trinajstić information content (AvgIpc) is 2.56. The molecule has 0 fully saturated rings. The molecule has 0 heterocycles. The van der Waals surface area contributed by atoms with Gasteiger partial charge in [-0.2, -0.15) is 0 Å². The molecule has 138 valence electrons. The first-order valence-corrected chi connectivity index (χ1v) is 13.6. The molecule has 0 amide bonds. The summed E-state index contributed by atoms with van der Waals surface area (Å²) in [6.07, 6.45) is 0. The Kier molecular flexibility index (Phi) is 10.9. The van der Waals surface area contributed by atoms with E-state index in [9.17, 15) is 0 Å². The fourth-order valence-electron chi connectivity index (χ4n) is 2.05. The average molecular weight is 391 g/mol. The maximum Gasteiger partial charge on any atom is 0.475 e. The van der Waals surface area contributed by atoms with Crippen LogP contribution < -0.4 is 5.19 Å². The molecular weight excluding hydrogens is 360 g/mol. The highest BCUT2D eigenvalue weighted by Crippen LogP contribution is 2.14. The summed E-state index contributed by atoms with van der Waals surface area (Å²) in [5, 5.41) is 1.01. The molecule has 0 spiro atoms. The smallest absolute Gasteiger partial charge is 0.393 e. The predicted molar refractivity (Wildman–Crippen MR) is 101 cm³/mol. The second-order valence-electron chi connectivity index (χ2n) is 4.95. The zero-order valence-corrected chi connectivity index (χ0v) is 18.6. The van der Waals surface area contributed by atoms with E-state index in [0.717, 1.165) is 5.19 Å². The van der Waals surface area contributed by atoms with Crippen LogP contribution in [0.3, 0.4) is 0 Å². The Bertz CT molecular complexity index is 406. The maximum absolute atomic E-state index is 6.31. The van der Waals surface area contributed by atoms with Gasteiger partial charge in [-0.3, -0.25) is 0 Å². The summed E-state index contributed by atoms with van der Waals surface area (Å²) in [5.74, 6) is 0. The van der Waals surface area contributed by atoms with Gasteiger partial charge in [0.1, 0.15) is 0 Å². The van der Waals surface area contributed by atoms with Gasteiger partial charge in [-0.1, -0.05) is 30.3 Å². The molecule has 0 saturated carbocycles. The molecule has 24 heavy (non-hydrogen) atoms. The summed E-state index contributed by atoms with van der Waals surface area (Å²) in [6, 6.07) is 9.95. The van der Waals surface area contributed by atoms with Gasteiger partial charge in [-0.15, -0.1) is 0 Å². The molecule has 0 N–H and O–H groups in total. The first kappa shape index (κ1) is 21.7. The zero-order valence-electron chi connectivity index (χ0n) is 15.3. The van der Waals surface area contributed by atoms with E-state index in [1.807, 2.05) is 64.6 Å². The minimum Gasteiger partial charge on any atom is -0.393 e. The van der Waals surface area contributed by atoms with E-state index in [1.165, 1.54) is 0 Å². The molecule has 0 bridgehead atoms. The lowest BCUT2D eigenvalue weighted by molar-refractivity contribution is 0.119. The van der Waals surface area contributed by atoms with Gasteiger partial charge in [0.25, 0.3) is 0 Å². The highest BCUT2D eigenvalue weighted by molar-refractivity contribution is 6.86. The van der Waals surface area contributed by atoms with Gasteiger partial charge in [0.05, 0.1) is 0 Å². The molecule has 0 saturated heterocycles. The van der Waals surface area contributed by atoms with Crippen LogP contribution in [0.15, 0.2) is 30.3 Å². The van der Waals surface area contributed by atoms with E-state index in [0.29, 0.717) is 26.4 Å². The molecule has 0 unspecified atom stereocenters. The van der Waals surface area contributed by atoms with Crippen molar-refractivity contribution in [3.05, 3.63) is 30.3 Å². The second-order valence-corrected chi connectivity index (χ2v) is 11.8. The molecule has 1 aromatic rings. The molecule has 0 aromatic heterocycles. The summed E-state index contributed by atoms with van der Waals surface area (Å²) < 4.78 is 35.4. The van der Waals surface area contributed by atoms with E-state index >= 15 is 0 Å². The number of benzene rings is 1. The Morgan fingerprint density at radius 3 is 1.42 bits per heavy atom. The largest absolute Gasteiger partial charge is 0.475 e. The van der Waals surface area contributed by atoms with Crippen molar-refractivity contribution in [2.75, 3.05) is 26.4 Å². The lowest BCUT2D eigenvalue weighted by Crippen LogP contribution is -2.58. The van der Waals surface area contributed by atoms with E-state index < -0.39 is 27.6 Å². The van der Waals surface area contributed by atoms with Crippen molar-refractivity contribution in [1.82, 2.24) is 0 Å². The van der Waals surface area contributed by atoms with Crippen LogP contribution in [-0.2, 0) is 25.9 Å². The van der Waals surface area contributed by atoms with E-state index in [2.05, 4.69) is 0 Å². The monoisotopic (exact) mass is 390 g/mol. The maximum atomic E-state index is 6.31. The van der Waals surface area contributed by atoms with E-state index in [4.69, 9.17) is 25.9 Å². The standard InChI is InChI=1S/C15H30O6Si3/c1-6-16-22(17-7-2)20-24(5,15-13-11-10-12-14-15)21-23(18-8-3)19-9-4/h10-14,22-23H,6-9H2,1-5H3. The summed E-state index contributed by atoms with van der Waals surface area (Å²) in [6.45, 7) is 11.9. The zero-order chi connectivity index (χ0) is 17.8. The summed E-state index contributed by atoms with van der Waals surface area (Å²) in [5.41, 5.74) is 0. The molecule has 0 aliphatic heterocycles. The SMILES string of the molecule is CCO[SiH](OCC)O[Si](C)(O[SiH](OCC)OCC)c1ccccc1. The first-order valence-electron chi connectivity index (χ1n) is 8.47. The minimum atomic E-state index is -2.78. The highest BCUT2D eigenvalue weighted by atomic mass is 28.5. The second kappa shape index (κ2) is 12.1. The third-order valence-electron chi connectivity index (χ3n) is 3.15. The van der Waals surface area contributed by atoms with Crippen molar-refractivity contribution < 1.29 is 25.9 Å². The highest BCUT2D eigenvalue weighted by Gasteiger charge is 2.42. The van der Waals surface area contributed by atoms with Gasteiger partial charge in [0, 0.05) is 26.4 Å². The van der Waals surface area contributed by atoms with Gasteiger partial charge < -0.3 is 25.9 Å². The fourth-order valence-corrected chi connectivity index (χ4v) is 9.97. The van der Waals surface area contributed by atoms with Crippen LogP contribution in [0.2, 0.25) is 6.55 Å². The van der Waals surface area contributed by atoms with Crippen molar-refractivity contribution in [3.8, 4) is 0 Å². The Balaban J connectivity index is 3.01. The molecule has 0 radical (unpaired) electrons. The number of hydrogen-bond donors (Lipinski definition) is 0. The predicted octanol–water partition coefficient (Wildman–Crippen LogP) is 1.58. The van der Waals surface area contributed by atoms with Gasteiger partial charge in [-0.25, -0.2) is 0 Å². The molecule has 0 atom stereocenters. The molecule has 9 heteroatoms. The van der Waals surface area contributed by atoms with Crippen LogP contribution >= 0.6 is 0 Å². The van der Waals surface area contributed by atoms with Gasteiger partial charge in [-0.05, 0) is 39.4 Å². The fraction of sp³-hybridized carbons (Fsp3) is 0.600. The molecule has 1 rings (SSSR count). The molecule has 6 nitrogen and oxygen atoms in total. The van der Waals surface area contributed by atoms with Crippen LogP contribution in [0.5, 0.6) is 0 Å². The van der Waals surface area contributed by atoms with Crippen LogP contribution in [0, 0.1) is 0 Å². The first-order chi connectivity index (χ1) is 11.6. The van der Waals surface area contributed by atoms with Crippen molar-refractivity contribution in [1.29, 1.82) is 0 Å². The normalized spacial score (nSPS) is 12.3. The third-order valence-corrected chi connectivity index (χ3v) is 12.1. The van der Waals surface area contributed by atoms with Crippen LogP contribution in [-0.4, -0.2) is 54.0 Å².